The molecule has 6 nitrogen and oxygen atoms in total. The third-order valence-electron chi connectivity index (χ3n) is 3.77. The number of anilines is 1. The number of aliphatic carboxylic acids is 1. The minimum atomic E-state index is -0.963. The first-order valence-electron chi connectivity index (χ1n) is 7.75. The van der Waals surface area contributed by atoms with Gasteiger partial charge in [0, 0.05) is 6.54 Å². The van der Waals surface area contributed by atoms with Gasteiger partial charge < -0.3 is 19.5 Å². The van der Waals surface area contributed by atoms with Gasteiger partial charge in [-0.05, 0) is 35.9 Å². The summed E-state index contributed by atoms with van der Waals surface area (Å²) < 4.78 is 10.9. The van der Waals surface area contributed by atoms with Crippen molar-refractivity contribution in [3.63, 3.8) is 0 Å². The van der Waals surface area contributed by atoms with Crippen molar-refractivity contribution in [2.45, 2.75) is 6.42 Å². The number of para-hydroxylation sites is 2. The second kappa shape index (κ2) is 7.09. The van der Waals surface area contributed by atoms with Crippen LogP contribution in [-0.4, -0.2) is 30.6 Å². The van der Waals surface area contributed by atoms with Crippen molar-refractivity contribution in [3.05, 3.63) is 59.9 Å². The lowest BCUT2D eigenvalue weighted by atomic mass is 10.1. The van der Waals surface area contributed by atoms with E-state index < -0.39 is 5.97 Å². The summed E-state index contributed by atoms with van der Waals surface area (Å²) >= 11 is 0. The average molecular weight is 339 g/mol. The third kappa shape index (κ3) is 3.63. The van der Waals surface area contributed by atoms with Gasteiger partial charge in [0.25, 0.3) is 5.91 Å². The van der Waals surface area contributed by atoms with Crippen molar-refractivity contribution >= 4 is 23.6 Å². The second-order valence-corrected chi connectivity index (χ2v) is 5.46. The molecular weight excluding hydrogens is 322 g/mol. The van der Waals surface area contributed by atoms with E-state index in [0.717, 1.165) is 5.56 Å². The molecule has 0 atom stereocenters. The predicted molar refractivity (Wildman–Crippen MR) is 92.6 cm³/mol. The number of carboxylic acid groups (broad SMARTS) is 1. The Morgan fingerprint density at radius 1 is 1.24 bits per heavy atom. The molecule has 1 aliphatic rings. The Kier molecular flexibility index (Phi) is 4.70. The van der Waals surface area contributed by atoms with Gasteiger partial charge in [0.2, 0.25) is 0 Å². The van der Waals surface area contributed by atoms with Crippen molar-refractivity contribution in [2.24, 2.45) is 0 Å². The van der Waals surface area contributed by atoms with E-state index >= 15 is 0 Å². The van der Waals surface area contributed by atoms with Crippen LogP contribution in [0.15, 0.2) is 54.3 Å². The van der Waals surface area contributed by atoms with E-state index in [9.17, 15) is 9.59 Å². The number of hydrogen-bond donors (Lipinski definition) is 1. The maximum Gasteiger partial charge on any atom is 0.305 e. The summed E-state index contributed by atoms with van der Waals surface area (Å²) in [4.78, 5) is 25.1. The molecule has 6 heteroatoms. The number of hydrogen-bond acceptors (Lipinski definition) is 4. The summed E-state index contributed by atoms with van der Waals surface area (Å²) in [7, 11) is 1.57. The Hall–Kier alpha value is -3.28. The Morgan fingerprint density at radius 2 is 2.04 bits per heavy atom. The van der Waals surface area contributed by atoms with Gasteiger partial charge in [-0.15, -0.1) is 0 Å². The van der Waals surface area contributed by atoms with Gasteiger partial charge in [0.05, 0.1) is 19.2 Å². The standard InChI is InChI=1S/C19H17NO5/c1-24-14-6-4-5-13(11-14)12-17-19(23)20(10-9-18(21)22)15-7-2-3-8-16(15)25-17/h2-8,11-12H,9-10H2,1H3,(H,21,22)/b17-12+. The predicted octanol–water partition coefficient (Wildman–Crippen LogP) is 2.94. The first-order chi connectivity index (χ1) is 12.1. The quantitative estimate of drug-likeness (QED) is 0.848. The normalized spacial score (nSPS) is 14.8. The van der Waals surface area contributed by atoms with Crippen LogP contribution < -0.4 is 14.4 Å². The van der Waals surface area contributed by atoms with Crippen LogP contribution in [0.4, 0.5) is 5.69 Å². The number of rotatable bonds is 5. The van der Waals surface area contributed by atoms with Gasteiger partial charge in [-0.25, -0.2) is 0 Å². The number of methoxy groups -OCH3 is 1. The molecule has 3 rings (SSSR count). The molecule has 0 spiro atoms. The lowest BCUT2D eigenvalue weighted by Crippen LogP contribution is -2.38. The highest BCUT2D eigenvalue weighted by molar-refractivity contribution is 6.10. The van der Waals surface area contributed by atoms with E-state index in [1.807, 2.05) is 12.1 Å². The van der Waals surface area contributed by atoms with Crippen LogP contribution >= 0.6 is 0 Å². The number of carbonyl (C=O) groups is 2. The fourth-order valence-electron chi connectivity index (χ4n) is 2.57. The monoisotopic (exact) mass is 339 g/mol. The van der Waals surface area contributed by atoms with Gasteiger partial charge in [-0.1, -0.05) is 24.3 Å². The lowest BCUT2D eigenvalue weighted by molar-refractivity contribution is -0.136. The number of amides is 1. The van der Waals surface area contributed by atoms with Crippen molar-refractivity contribution in [3.8, 4) is 11.5 Å². The van der Waals surface area contributed by atoms with Gasteiger partial charge in [0.15, 0.2) is 11.5 Å². The summed E-state index contributed by atoms with van der Waals surface area (Å²) in [6, 6.07) is 14.3. The number of carbonyl (C=O) groups excluding carboxylic acids is 1. The third-order valence-corrected chi connectivity index (χ3v) is 3.77. The molecule has 1 amide bonds. The molecule has 0 aromatic heterocycles. The Morgan fingerprint density at radius 3 is 2.80 bits per heavy atom. The highest BCUT2D eigenvalue weighted by atomic mass is 16.5. The van der Waals surface area contributed by atoms with E-state index in [4.69, 9.17) is 14.6 Å². The van der Waals surface area contributed by atoms with Crippen LogP contribution in [0.2, 0.25) is 0 Å². The largest absolute Gasteiger partial charge is 0.497 e. The molecule has 0 aliphatic carbocycles. The van der Waals surface area contributed by atoms with Gasteiger partial charge >= 0.3 is 5.97 Å². The highest BCUT2D eigenvalue weighted by Crippen LogP contribution is 2.35. The highest BCUT2D eigenvalue weighted by Gasteiger charge is 2.30. The molecule has 0 radical (unpaired) electrons. The number of fused-ring (bicyclic) bond motifs is 1. The van der Waals surface area contributed by atoms with Crippen molar-refractivity contribution in [1.82, 2.24) is 0 Å². The Labute approximate surface area is 144 Å². The van der Waals surface area contributed by atoms with Crippen LogP contribution in [0.5, 0.6) is 11.5 Å². The van der Waals surface area contributed by atoms with E-state index in [0.29, 0.717) is 17.2 Å². The molecule has 2 aromatic carbocycles. The molecule has 1 N–H and O–H groups in total. The summed E-state index contributed by atoms with van der Waals surface area (Å²) in [6.07, 6.45) is 1.47. The Bertz CT molecular complexity index is 843. The van der Waals surface area contributed by atoms with Crippen LogP contribution in [0, 0.1) is 0 Å². The SMILES string of the molecule is COc1cccc(/C=C2/Oc3ccccc3N(CCC(=O)O)C2=O)c1. The maximum atomic E-state index is 12.8. The topological polar surface area (TPSA) is 76.1 Å². The smallest absolute Gasteiger partial charge is 0.305 e. The summed E-state index contributed by atoms with van der Waals surface area (Å²) in [5, 5.41) is 8.94. The van der Waals surface area contributed by atoms with Crippen LogP contribution in [0.25, 0.3) is 6.08 Å². The fourth-order valence-corrected chi connectivity index (χ4v) is 2.57. The Balaban J connectivity index is 1.97. The number of benzene rings is 2. The average Bonchev–Trinajstić information content (AvgIpc) is 2.62. The summed E-state index contributed by atoms with van der Waals surface area (Å²) in [5.74, 6) is -0.0161. The van der Waals surface area contributed by atoms with Crippen LogP contribution in [0.1, 0.15) is 12.0 Å². The van der Waals surface area contributed by atoms with Gasteiger partial charge in [-0.2, -0.15) is 0 Å². The molecule has 0 unspecified atom stereocenters. The number of nitrogens with zero attached hydrogens (tertiary/aromatic N) is 1. The van der Waals surface area contributed by atoms with Crippen LogP contribution in [-0.2, 0) is 9.59 Å². The minimum absolute atomic E-state index is 0.0734. The lowest BCUT2D eigenvalue weighted by Gasteiger charge is -2.30. The van der Waals surface area contributed by atoms with Crippen LogP contribution in [0.3, 0.4) is 0 Å². The molecule has 0 fully saturated rings. The first kappa shape index (κ1) is 16.6. The molecule has 128 valence electrons. The molecule has 0 saturated carbocycles. The molecule has 2 aromatic rings. The zero-order chi connectivity index (χ0) is 17.8. The van der Waals surface area contributed by atoms with E-state index in [-0.39, 0.29) is 24.6 Å². The zero-order valence-electron chi connectivity index (χ0n) is 13.6. The molecule has 1 aliphatic heterocycles. The summed E-state index contributed by atoms with van der Waals surface area (Å²) in [6.45, 7) is 0.0734. The van der Waals surface area contributed by atoms with Gasteiger partial charge in [-0.3, -0.25) is 9.59 Å². The summed E-state index contributed by atoms with van der Waals surface area (Å²) in [5.41, 5.74) is 1.32. The number of carboxylic acids is 1. The van der Waals surface area contributed by atoms with E-state index in [1.54, 1.807) is 49.6 Å². The van der Waals surface area contributed by atoms with Gasteiger partial charge in [0.1, 0.15) is 5.75 Å². The molecular formula is C19H17NO5. The minimum Gasteiger partial charge on any atom is -0.497 e. The first-order valence-corrected chi connectivity index (χ1v) is 7.75. The van der Waals surface area contributed by atoms with E-state index in [1.165, 1.54) is 4.90 Å². The number of ether oxygens (including phenoxy) is 2. The van der Waals surface area contributed by atoms with Crippen molar-refractivity contribution in [2.75, 3.05) is 18.6 Å². The molecule has 0 saturated heterocycles. The van der Waals surface area contributed by atoms with Crippen molar-refractivity contribution in [1.29, 1.82) is 0 Å². The molecule has 1 heterocycles. The molecule has 0 bridgehead atoms. The molecule has 25 heavy (non-hydrogen) atoms. The zero-order valence-corrected chi connectivity index (χ0v) is 13.6. The maximum absolute atomic E-state index is 12.8. The van der Waals surface area contributed by atoms with Crippen molar-refractivity contribution < 1.29 is 24.2 Å². The second-order valence-electron chi connectivity index (χ2n) is 5.46. The van der Waals surface area contributed by atoms with E-state index in [2.05, 4.69) is 0 Å². The fraction of sp³-hybridized carbons (Fsp3) is 0.158.